The number of piperidine rings is 1. The molecule has 0 aliphatic carbocycles. The number of hydrogen-bond acceptors (Lipinski definition) is 4. The van der Waals surface area contributed by atoms with Crippen LogP contribution in [0.15, 0.2) is 0 Å². The minimum atomic E-state index is -0.864. The number of hydrogen-bond donors (Lipinski definition) is 2. The van der Waals surface area contributed by atoms with Gasteiger partial charge in [0.2, 0.25) is 11.8 Å². The molecule has 0 aromatic heterocycles. The summed E-state index contributed by atoms with van der Waals surface area (Å²) < 4.78 is 0. The number of nitrogens with zero attached hydrogens (tertiary/aromatic N) is 2. The highest BCUT2D eigenvalue weighted by Crippen LogP contribution is 2.25. The molecule has 114 valence electrons. The summed E-state index contributed by atoms with van der Waals surface area (Å²) in [6.07, 6.45) is 2.14. The fourth-order valence-corrected chi connectivity index (χ4v) is 3.15. The molecular formula is C13H18N4O4. The SMILES string of the molecule is O=C1NC(=O)C2(CCN(C(=O)CN3CCCC3=O)CC2)N1. The van der Waals surface area contributed by atoms with E-state index in [4.69, 9.17) is 0 Å². The Labute approximate surface area is 121 Å². The minimum absolute atomic E-state index is 0.0271. The van der Waals surface area contributed by atoms with Crippen molar-refractivity contribution in [3.05, 3.63) is 0 Å². The van der Waals surface area contributed by atoms with Gasteiger partial charge in [-0.2, -0.15) is 0 Å². The van der Waals surface area contributed by atoms with Crippen LogP contribution in [0.4, 0.5) is 4.79 Å². The van der Waals surface area contributed by atoms with Crippen molar-refractivity contribution in [1.29, 1.82) is 0 Å². The summed E-state index contributed by atoms with van der Waals surface area (Å²) >= 11 is 0. The van der Waals surface area contributed by atoms with Crippen molar-refractivity contribution in [3.63, 3.8) is 0 Å². The number of nitrogens with one attached hydrogen (secondary N) is 2. The summed E-state index contributed by atoms with van der Waals surface area (Å²) in [7, 11) is 0. The standard InChI is InChI=1S/C13H18N4O4/c18-9-2-1-5-17(9)8-10(19)16-6-3-13(4-7-16)11(20)14-12(21)15-13/h1-8H2,(H2,14,15,20,21). The molecule has 1 spiro atoms. The number of likely N-dealkylation sites (tertiary alicyclic amines) is 2. The maximum absolute atomic E-state index is 12.2. The molecule has 0 saturated carbocycles. The summed E-state index contributed by atoms with van der Waals surface area (Å²) in [4.78, 5) is 50.0. The predicted molar refractivity (Wildman–Crippen MR) is 71.0 cm³/mol. The van der Waals surface area contributed by atoms with Gasteiger partial charge in [0.1, 0.15) is 5.54 Å². The third-order valence-corrected chi connectivity index (χ3v) is 4.48. The Morgan fingerprint density at radius 1 is 1.14 bits per heavy atom. The Morgan fingerprint density at radius 3 is 2.38 bits per heavy atom. The van der Waals surface area contributed by atoms with E-state index in [0.29, 0.717) is 38.9 Å². The van der Waals surface area contributed by atoms with Crippen LogP contribution in [0.1, 0.15) is 25.7 Å². The molecule has 5 amide bonds. The molecule has 0 unspecified atom stereocenters. The first kappa shape index (κ1) is 13.8. The van der Waals surface area contributed by atoms with E-state index in [1.54, 1.807) is 9.80 Å². The van der Waals surface area contributed by atoms with Crippen molar-refractivity contribution in [2.24, 2.45) is 0 Å². The summed E-state index contributed by atoms with van der Waals surface area (Å²) in [6.45, 7) is 1.58. The van der Waals surface area contributed by atoms with Crippen LogP contribution >= 0.6 is 0 Å². The largest absolute Gasteiger partial charge is 0.341 e. The van der Waals surface area contributed by atoms with Crippen molar-refractivity contribution in [2.75, 3.05) is 26.2 Å². The molecule has 21 heavy (non-hydrogen) atoms. The third kappa shape index (κ3) is 2.45. The van der Waals surface area contributed by atoms with Gasteiger partial charge in [0.15, 0.2) is 0 Å². The Morgan fingerprint density at radius 2 is 1.86 bits per heavy atom. The Bertz CT molecular complexity index is 510. The van der Waals surface area contributed by atoms with Crippen LogP contribution < -0.4 is 10.6 Å². The molecule has 0 aromatic carbocycles. The maximum Gasteiger partial charge on any atom is 0.322 e. The molecule has 0 bridgehead atoms. The number of carbonyl (C=O) groups is 4. The van der Waals surface area contributed by atoms with Gasteiger partial charge in [-0.25, -0.2) is 4.79 Å². The normalized spacial score (nSPS) is 24.5. The molecule has 3 heterocycles. The maximum atomic E-state index is 12.2. The van der Waals surface area contributed by atoms with Gasteiger partial charge in [0.25, 0.3) is 5.91 Å². The molecule has 2 N–H and O–H groups in total. The van der Waals surface area contributed by atoms with Gasteiger partial charge in [0.05, 0.1) is 6.54 Å². The summed E-state index contributed by atoms with van der Waals surface area (Å²) in [5.41, 5.74) is -0.864. The second kappa shape index (κ2) is 5.01. The van der Waals surface area contributed by atoms with Crippen molar-refractivity contribution in [3.8, 4) is 0 Å². The predicted octanol–water partition coefficient (Wildman–Crippen LogP) is -1.19. The topological polar surface area (TPSA) is 98.8 Å². The van der Waals surface area contributed by atoms with Crippen molar-refractivity contribution >= 4 is 23.8 Å². The molecule has 3 aliphatic rings. The van der Waals surface area contributed by atoms with Gasteiger partial charge in [0, 0.05) is 26.1 Å². The highest BCUT2D eigenvalue weighted by atomic mass is 16.2. The van der Waals surface area contributed by atoms with Crippen molar-refractivity contribution in [1.82, 2.24) is 20.4 Å². The van der Waals surface area contributed by atoms with E-state index in [2.05, 4.69) is 10.6 Å². The average molecular weight is 294 g/mol. The van der Waals surface area contributed by atoms with E-state index in [0.717, 1.165) is 6.42 Å². The number of imide groups is 1. The zero-order valence-corrected chi connectivity index (χ0v) is 11.7. The lowest BCUT2D eigenvalue weighted by atomic mass is 9.87. The highest BCUT2D eigenvalue weighted by molar-refractivity contribution is 6.07. The average Bonchev–Trinajstić information content (AvgIpc) is 2.95. The number of urea groups is 1. The zero-order chi connectivity index (χ0) is 15.0. The van der Waals surface area contributed by atoms with E-state index >= 15 is 0 Å². The van der Waals surface area contributed by atoms with Crippen molar-refractivity contribution in [2.45, 2.75) is 31.2 Å². The molecule has 3 fully saturated rings. The number of carbonyl (C=O) groups excluding carboxylic acids is 4. The minimum Gasteiger partial charge on any atom is -0.341 e. The Hall–Kier alpha value is -2.12. The van der Waals surface area contributed by atoms with Crippen LogP contribution in [-0.4, -0.2) is 65.3 Å². The summed E-state index contributed by atoms with van der Waals surface area (Å²) in [5, 5.41) is 4.90. The molecule has 8 heteroatoms. The van der Waals surface area contributed by atoms with Crippen LogP contribution in [-0.2, 0) is 14.4 Å². The van der Waals surface area contributed by atoms with Gasteiger partial charge in [-0.1, -0.05) is 0 Å². The van der Waals surface area contributed by atoms with Crippen LogP contribution in [0.25, 0.3) is 0 Å². The molecule has 3 aliphatic heterocycles. The first-order valence-electron chi connectivity index (χ1n) is 7.19. The van der Waals surface area contributed by atoms with Crippen LogP contribution in [0.5, 0.6) is 0 Å². The van der Waals surface area contributed by atoms with E-state index < -0.39 is 11.6 Å². The lowest BCUT2D eigenvalue weighted by molar-refractivity contribution is -0.140. The van der Waals surface area contributed by atoms with E-state index in [9.17, 15) is 19.2 Å². The van der Waals surface area contributed by atoms with Gasteiger partial charge >= 0.3 is 6.03 Å². The lowest BCUT2D eigenvalue weighted by Gasteiger charge is -2.37. The molecule has 3 rings (SSSR count). The fraction of sp³-hybridized carbons (Fsp3) is 0.692. The first-order chi connectivity index (χ1) is 10.00. The van der Waals surface area contributed by atoms with Crippen molar-refractivity contribution < 1.29 is 19.2 Å². The Kier molecular flexibility index (Phi) is 3.30. The number of rotatable bonds is 2. The zero-order valence-electron chi connectivity index (χ0n) is 11.7. The highest BCUT2D eigenvalue weighted by Gasteiger charge is 2.48. The van der Waals surface area contributed by atoms with Crippen LogP contribution in [0.2, 0.25) is 0 Å². The molecular weight excluding hydrogens is 276 g/mol. The molecule has 0 radical (unpaired) electrons. The lowest BCUT2D eigenvalue weighted by Crippen LogP contribution is -2.56. The fourth-order valence-electron chi connectivity index (χ4n) is 3.15. The monoisotopic (exact) mass is 294 g/mol. The smallest absolute Gasteiger partial charge is 0.322 e. The van der Waals surface area contributed by atoms with E-state index in [1.807, 2.05) is 0 Å². The molecule has 0 aromatic rings. The van der Waals surface area contributed by atoms with E-state index in [1.165, 1.54) is 0 Å². The Balaban J connectivity index is 1.56. The van der Waals surface area contributed by atoms with Crippen LogP contribution in [0, 0.1) is 0 Å². The second-order valence-corrected chi connectivity index (χ2v) is 5.79. The van der Waals surface area contributed by atoms with Gasteiger partial charge in [-0.3, -0.25) is 19.7 Å². The molecule has 0 atom stereocenters. The second-order valence-electron chi connectivity index (χ2n) is 5.79. The summed E-state index contributed by atoms with van der Waals surface area (Å²) in [6, 6.07) is -0.470. The summed E-state index contributed by atoms with van der Waals surface area (Å²) in [5.74, 6) is -0.376. The van der Waals surface area contributed by atoms with Gasteiger partial charge in [-0.15, -0.1) is 0 Å². The quantitative estimate of drug-likeness (QED) is 0.626. The molecule has 8 nitrogen and oxygen atoms in total. The number of amides is 5. The van der Waals surface area contributed by atoms with Gasteiger partial charge < -0.3 is 15.1 Å². The first-order valence-corrected chi connectivity index (χ1v) is 7.19. The van der Waals surface area contributed by atoms with Gasteiger partial charge in [-0.05, 0) is 19.3 Å². The van der Waals surface area contributed by atoms with E-state index in [-0.39, 0.29) is 24.3 Å². The molecule has 3 saturated heterocycles. The van der Waals surface area contributed by atoms with Crippen LogP contribution in [0.3, 0.4) is 0 Å². The third-order valence-electron chi connectivity index (χ3n) is 4.48.